The van der Waals surface area contributed by atoms with Gasteiger partial charge in [-0.3, -0.25) is 4.98 Å². The number of nitrogen functional groups attached to an aromatic ring is 1. The van der Waals surface area contributed by atoms with E-state index in [2.05, 4.69) is 24.1 Å². The average molecular weight is 243 g/mol. The lowest BCUT2D eigenvalue weighted by Crippen LogP contribution is -2.18. The molecule has 0 fully saturated rings. The van der Waals surface area contributed by atoms with Crippen LogP contribution in [0.2, 0.25) is 0 Å². The van der Waals surface area contributed by atoms with Gasteiger partial charge in [0.2, 0.25) is 0 Å². The maximum Gasteiger partial charge on any atom is 0.0953 e. The van der Waals surface area contributed by atoms with E-state index in [-0.39, 0.29) is 0 Å². The first kappa shape index (κ1) is 12.7. The van der Waals surface area contributed by atoms with Crippen molar-refractivity contribution in [3.8, 4) is 0 Å². The van der Waals surface area contributed by atoms with Crippen LogP contribution in [0.5, 0.6) is 0 Å². The van der Waals surface area contributed by atoms with Gasteiger partial charge in [0, 0.05) is 23.3 Å². The Hall–Kier alpha value is -1.77. The highest BCUT2D eigenvalue weighted by Crippen LogP contribution is 2.27. The SMILES string of the molecule is CCCC(CC)Nc1ccc(N)c2cccnc12. The van der Waals surface area contributed by atoms with E-state index in [4.69, 9.17) is 5.73 Å². The molecule has 18 heavy (non-hydrogen) atoms. The molecular formula is C15H21N3. The number of anilines is 2. The fourth-order valence-electron chi connectivity index (χ4n) is 2.26. The molecular weight excluding hydrogens is 222 g/mol. The van der Waals surface area contributed by atoms with Crippen molar-refractivity contribution in [2.75, 3.05) is 11.1 Å². The van der Waals surface area contributed by atoms with E-state index in [0.717, 1.165) is 28.7 Å². The minimum Gasteiger partial charge on any atom is -0.398 e. The Morgan fingerprint density at radius 2 is 2.11 bits per heavy atom. The maximum absolute atomic E-state index is 5.98. The fraction of sp³-hybridized carbons (Fsp3) is 0.400. The number of nitrogens with zero attached hydrogens (tertiary/aromatic N) is 1. The molecule has 3 N–H and O–H groups in total. The van der Waals surface area contributed by atoms with Crippen LogP contribution in [-0.2, 0) is 0 Å². The summed E-state index contributed by atoms with van der Waals surface area (Å²) in [6.45, 7) is 4.42. The first-order valence-electron chi connectivity index (χ1n) is 6.66. The molecule has 1 aromatic carbocycles. The largest absolute Gasteiger partial charge is 0.398 e. The molecule has 0 aliphatic rings. The Kier molecular flexibility index (Phi) is 4.03. The van der Waals surface area contributed by atoms with Gasteiger partial charge in [0.15, 0.2) is 0 Å². The van der Waals surface area contributed by atoms with Crippen LogP contribution in [0.4, 0.5) is 11.4 Å². The molecule has 0 aliphatic heterocycles. The molecule has 0 bridgehead atoms. The summed E-state index contributed by atoms with van der Waals surface area (Å²) < 4.78 is 0. The molecule has 2 rings (SSSR count). The van der Waals surface area contributed by atoms with Gasteiger partial charge >= 0.3 is 0 Å². The number of aromatic nitrogens is 1. The number of hydrogen-bond acceptors (Lipinski definition) is 3. The number of fused-ring (bicyclic) bond motifs is 1. The predicted octanol–water partition coefficient (Wildman–Crippen LogP) is 3.81. The van der Waals surface area contributed by atoms with Crippen LogP contribution in [0.3, 0.4) is 0 Å². The molecule has 3 nitrogen and oxygen atoms in total. The second-order valence-electron chi connectivity index (χ2n) is 4.64. The monoisotopic (exact) mass is 243 g/mol. The van der Waals surface area contributed by atoms with Crippen LogP contribution in [0, 0.1) is 0 Å². The van der Waals surface area contributed by atoms with Crippen molar-refractivity contribution < 1.29 is 0 Å². The molecule has 0 saturated heterocycles. The summed E-state index contributed by atoms with van der Waals surface area (Å²) in [5.74, 6) is 0. The predicted molar refractivity (Wildman–Crippen MR) is 78.8 cm³/mol. The van der Waals surface area contributed by atoms with Crippen molar-refractivity contribution in [1.29, 1.82) is 0 Å². The summed E-state index contributed by atoms with van der Waals surface area (Å²) in [5, 5.41) is 4.60. The molecule has 0 amide bonds. The van der Waals surface area contributed by atoms with E-state index in [1.165, 1.54) is 12.8 Å². The Bertz CT molecular complexity index is 522. The lowest BCUT2D eigenvalue weighted by molar-refractivity contribution is 0.623. The third-order valence-corrected chi connectivity index (χ3v) is 3.29. The molecule has 0 spiro atoms. The van der Waals surface area contributed by atoms with E-state index < -0.39 is 0 Å². The molecule has 3 heteroatoms. The second kappa shape index (κ2) is 5.71. The second-order valence-corrected chi connectivity index (χ2v) is 4.64. The Morgan fingerprint density at radius 3 is 2.83 bits per heavy atom. The number of nitrogens with two attached hydrogens (primary N) is 1. The van der Waals surface area contributed by atoms with Gasteiger partial charge in [-0.2, -0.15) is 0 Å². The fourth-order valence-corrected chi connectivity index (χ4v) is 2.26. The molecule has 2 aromatic rings. The third-order valence-electron chi connectivity index (χ3n) is 3.29. The minimum atomic E-state index is 0.504. The summed E-state index contributed by atoms with van der Waals surface area (Å²) in [7, 11) is 0. The van der Waals surface area contributed by atoms with Crippen molar-refractivity contribution in [1.82, 2.24) is 4.98 Å². The van der Waals surface area contributed by atoms with E-state index in [1.54, 1.807) is 0 Å². The molecule has 1 unspecified atom stereocenters. The van der Waals surface area contributed by atoms with Crippen LogP contribution >= 0.6 is 0 Å². The summed E-state index contributed by atoms with van der Waals surface area (Å²) >= 11 is 0. The van der Waals surface area contributed by atoms with Gasteiger partial charge in [-0.15, -0.1) is 0 Å². The quantitative estimate of drug-likeness (QED) is 0.785. The highest BCUT2D eigenvalue weighted by atomic mass is 14.9. The van der Waals surface area contributed by atoms with Crippen LogP contribution in [0.1, 0.15) is 33.1 Å². The van der Waals surface area contributed by atoms with Crippen LogP contribution in [-0.4, -0.2) is 11.0 Å². The van der Waals surface area contributed by atoms with Gasteiger partial charge < -0.3 is 11.1 Å². The van der Waals surface area contributed by atoms with Crippen molar-refractivity contribution >= 4 is 22.3 Å². The van der Waals surface area contributed by atoms with Gasteiger partial charge in [-0.05, 0) is 37.1 Å². The van der Waals surface area contributed by atoms with Crippen molar-refractivity contribution in [3.05, 3.63) is 30.5 Å². The smallest absolute Gasteiger partial charge is 0.0953 e. The summed E-state index contributed by atoms with van der Waals surface area (Å²) in [6, 6.07) is 8.42. The standard InChI is InChI=1S/C15H21N3/c1-3-6-11(4-2)18-14-9-8-13(16)12-7-5-10-17-15(12)14/h5,7-11,18H,3-4,6,16H2,1-2H3. The average Bonchev–Trinajstić information content (AvgIpc) is 2.41. The molecule has 0 saturated carbocycles. The molecule has 96 valence electrons. The number of pyridine rings is 1. The van der Waals surface area contributed by atoms with Gasteiger partial charge in [-0.25, -0.2) is 0 Å². The highest BCUT2D eigenvalue weighted by Gasteiger charge is 2.09. The minimum absolute atomic E-state index is 0.504. The zero-order valence-corrected chi connectivity index (χ0v) is 11.1. The van der Waals surface area contributed by atoms with E-state index in [0.29, 0.717) is 6.04 Å². The highest BCUT2D eigenvalue weighted by molar-refractivity contribution is 5.98. The van der Waals surface area contributed by atoms with Gasteiger partial charge in [-0.1, -0.05) is 20.3 Å². The molecule has 0 aliphatic carbocycles. The first-order valence-corrected chi connectivity index (χ1v) is 6.66. The van der Waals surface area contributed by atoms with Gasteiger partial charge in [0.1, 0.15) is 0 Å². The van der Waals surface area contributed by atoms with Crippen LogP contribution < -0.4 is 11.1 Å². The zero-order valence-electron chi connectivity index (χ0n) is 11.1. The first-order chi connectivity index (χ1) is 8.76. The number of nitrogens with one attached hydrogen (secondary N) is 1. The lowest BCUT2D eigenvalue weighted by atomic mass is 10.1. The van der Waals surface area contributed by atoms with Crippen molar-refractivity contribution in [2.45, 2.75) is 39.2 Å². The summed E-state index contributed by atoms with van der Waals surface area (Å²) in [4.78, 5) is 4.45. The Morgan fingerprint density at radius 1 is 1.28 bits per heavy atom. The van der Waals surface area contributed by atoms with Crippen molar-refractivity contribution in [3.63, 3.8) is 0 Å². The number of hydrogen-bond donors (Lipinski definition) is 2. The zero-order chi connectivity index (χ0) is 13.0. The molecule has 1 atom stereocenters. The number of benzene rings is 1. The lowest BCUT2D eigenvalue weighted by Gasteiger charge is -2.19. The summed E-state index contributed by atoms with van der Waals surface area (Å²) in [5.41, 5.74) is 8.81. The molecule has 0 radical (unpaired) electrons. The normalized spacial score (nSPS) is 12.6. The van der Waals surface area contributed by atoms with Crippen LogP contribution in [0.25, 0.3) is 10.9 Å². The van der Waals surface area contributed by atoms with Crippen molar-refractivity contribution in [2.24, 2.45) is 0 Å². The van der Waals surface area contributed by atoms with Crippen LogP contribution in [0.15, 0.2) is 30.5 Å². The third kappa shape index (κ3) is 2.55. The number of rotatable bonds is 5. The van der Waals surface area contributed by atoms with E-state index in [9.17, 15) is 0 Å². The van der Waals surface area contributed by atoms with E-state index in [1.807, 2.05) is 30.5 Å². The van der Waals surface area contributed by atoms with Gasteiger partial charge in [0.25, 0.3) is 0 Å². The maximum atomic E-state index is 5.98. The van der Waals surface area contributed by atoms with E-state index >= 15 is 0 Å². The Balaban J connectivity index is 2.36. The Labute approximate surface area is 108 Å². The van der Waals surface area contributed by atoms with Gasteiger partial charge in [0.05, 0.1) is 11.2 Å². The topological polar surface area (TPSA) is 50.9 Å². The molecule has 1 aromatic heterocycles. The summed E-state index contributed by atoms with van der Waals surface area (Å²) in [6.07, 6.45) is 5.29. The molecule has 1 heterocycles.